The van der Waals surface area contributed by atoms with Gasteiger partial charge in [-0.15, -0.1) is 0 Å². The second-order valence-corrected chi connectivity index (χ2v) is 20.0. The Hall–Kier alpha value is -1.61. The maximum atomic E-state index is 13.3. The zero-order valence-corrected chi connectivity index (χ0v) is 32.4. The zero-order chi connectivity index (χ0) is 35.4. The summed E-state index contributed by atoms with van der Waals surface area (Å²) in [5, 5.41) is 13.4. The van der Waals surface area contributed by atoms with Crippen molar-refractivity contribution in [1.82, 2.24) is 9.97 Å². The number of aromatic nitrogens is 2. The molecule has 1 aliphatic heterocycles. The molecule has 7 rings (SSSR count). The molecule has 10 atom stereocenters. The molecule has 1 saturated heterocycles. The van der Waals surface area contributed by atoms with Crippen molar-refractivity contribution in [3.8, 4) is 0 Å². The Morgan fingerprint density at radius 2 is 1.73 bits per heavy atom. The minimum absolute atomic E-state index is 0.0439. The number of nitrogens with zero attached hydrogens (tertiary/aromatic N) is 1. The second kappa shape index (κ2) is 12.0. The summed E-state index contributed by atoms with van der Waals surface area (Å²) in [6.07, 6.45) is 9.99. The smallest absolute Gasteiger partial charge is 0.316 e. The number of fused-ring (bicyclic) bond motifs is 6. The average Bonchev–Trinajstić information content (AvgIpc) is 3.39. The van der Waals surface area contributed by atoms with Gasteiger partial charge < -0.3 is 19.6 Å². The number of aliphatic hydroxyl groups excluding tert-OH is 1. The molecule has 0 unspecified atom stereocenters. The molecule has 0 bridgehead atoms. The standard InChI is InChI=1S/C40H57ClN2O5S/c1-35(2)16-10-17-40(8,48-35)24-13-19-39(7)31(24)26(44)21-28-37(5)18-15-29(36(3,4)27(37)14-20-38(28,39)6)47-30(45)22-49-34-42-32-23(33(46)43-34)11-9-12-25(32)41/h9,11-12,24,26-29,31,44H,10,13-22H2,1-8H3,(H,42,43,46)/t24-,26-,27+,28+,29+,31+,37+,38-,39-,40-/m1/s1. The van der Waals surface area contributed by atoms with Gasteiger partial charge in [0.15, 0.2) is 5.16 Å². The maximum Gasteiger partial charge on any atom is 0.316 e. The Bertz CT molecular complexity index is 1690. The molecule has 0 radical (unpaired) electrons. The van der Waals surface area contributed by atoms with Gasteiger partial charge in [0, 0.05) is 5.41 Å². The lowest BCUT2D eigenvalue weighted by Crippen LogP contribution is -2.67. The third kappa shape index (κ3) is 5.55. The van der Waals surface area contributed by atoms with Gasteiger partial charge in [-0.2, -0.15) is 0 Å². The first-order valence-electron chi connectivity index (χ1n) is 18.7. The molecule has 1 aromatic carbocycles. The van der Waals surface area contributed by atoms with Crippen molar-refractivity contribution in [2.75, 3.05) is 5.75 Å². The third-order valence-electron chi connectivity index (χ3n) is 15.3. The van der Waals surface area contributed by atoms with Crippen LogP contribution in [0.5, 0.6) is 0 Å². The predicted molar refractivity (Wildman–Crippen MR) is 196 cm³/mol. The van der Waals surface area contributed by atoms with E-state index in [0.29, 0.717) is 38.8 Å². The van der Waals surface area contributed by atoms with Gasteiger partial charge in [0.2, 0.25) is 0 Å². The molecule has 1 aromatic heterocycles. The summed E-state index contributed by atoms with van der Waals surface area (Å²) in [5.74, 6) is 1.16. The fraction of sp³-hybridized carbons (Fsp3) is 0.775. The number of carbonyl (C=O) groups is 1. The van der Waals surface area contributed by atoms with Crippen molar-refractivity contribution < 1.29 is 19.4 Å². The summed E-state index contributed by atoms with van der Waals surface area (Å²) in [6, 6.07) is 5.12. The molecule has 5 aliphatic rings. The lowest BCUT2D eigenvalue weighted by atomic mass is 9.35. The van der Waals surface area contributed by atoms with E-state index in [0.717, 1.165) is 57.8 Å². The highest BCUT2D eigenvalue weighted by Gasteiger charge is 2.72. The minimum atomic E-state index is -0.336. The molecule has 2 aromatic rings. The molecule has 0 amide bonds. The van der Waals surface area contributed by atoms with Gasteiger partial charge in [-0.3, -0.25) is 9.59 Å². The van der Waals surface area contributed by atoms with Gasteiger partial charge in [-0.05, 0) is 137 Å². The van der Waals surface area contributed by atoms with Crippen molar-refractivity contribution in [3.63, 3.8) is 0 Å². The molecule has 7 nitrogen and oxygen atoms in total. The Morgan fingerprint density at radius 3 is 2.47 bits per heavy atom. The van der Waals surface area contributed by atoms with Crippen LogP contribution in [0, 0.1) is 45.3 Å². The first-order chi connectivity index (χ1) is 22.8. The highest BCUT2D eigenvalue weighted by atomic mass is 35.5. The zero-order valence-electron chi connectivity index (χ0n) is 30.8. The number of H-pyrrole nitrogens is 1. The summed E-state index contributed by atoms with van der Waals surface area (Å²) < 4.78 is 13.2. The van der Waals surface area contributed by atoms with Crippen molar-refractivity contribution in [1.29, 1.82) is 0 Å². The number of aliphatic hydroxyl groups is 1. The number of rotatable bonds is 5. The van der Waals surface area contributed by atoms with Crippen LogP contribution in [0.25, 0.3) is 10.9 Å². The number of halogens is 1. The van der Waals surface area contributed by atoms with E-state index in [1.165, 1.54) is 18.2 Å². The number of esters is 1. The molecule has 2 heterocycles. The monoisotopic (exact) mass is 712 g/mol. The molecule has 0 spiro atoms. The van der Waals surface area contributed by atoms with Gasteiger partial charge in [-0.1, -0.05) is 64.0 Å². The SMILES string of the molecule is CC1(C)CCC[C@](C)([C@@H]2CC[C@]3(C)[C@@H]2[C@H](O)C[C@H]2[C@@]4(C)CC[C@H](OC(=O)CSc5nc6c(Cl)cccc6c(=O)[nH]5)C(C)(C)[C@@H]4CC[C@]23C)O1. The van der Waals surface area contributed by atoms with Crippen LogP contribution in [0.4, 0.5) is 0 Å². The first-order valence-corrected chi connectivity index (χ1v) is 20.1. The third-order valence-corrected chi connectivity index (χ3v) is 16.5. The van der Waals surface area contributed by atoms with Crippen LogP contribution in [-0.2, 0) is 14.3 Å². The van der Waals surface area contributed by atoms with Crippen LogP contribution in [-0.4, -0.2) is 50.2 Å². The van der Waals surface area contributed by atoms with Crippen LogP contribution >= 0.6 is 23.4 Å². The van der Waals surface area contributed by atoms with E-state index in [1.54, 1.807) is 18.2 Å². The number of benzene rings is 1. The Labute approximate surface area is 301 Å². The van der Waals surface area contributed by atoms with Crippen LogP contribution in [0.2, 0.25) is 5.02 Å². The predicted octanol–water partition coefficient (Wildman–Crippen LogP) is 8.97. The lowest BCUT2D eigenvalue weighted by Gasteiger charge is -2.70. The minimum Gasteiger partial charge on any atom is -0.461 e. The van der Waals surface area contributed by atoms with E-state index < -0.39 is 0 Å². The van der Waals surface area contributed by atoms with Crippen LogP contribution in [0.3, 0.4) is 0 Å². The van der Waals surface area contributed by atoms with E-state index in [-0.39, 0.29) is 68.3 Å². The van der Waals surface area contributed by atoms with E-state index in [9.17, 15) is 14.7 Å². The van der Waals surface area contributed by atoms with Crippen LogP contribution in [0.1, 0.15) is 120 Å². The quantitative estimate of drug-likeness (QED) is 0.181. The van der Waals surface area contributed by atoms with Crippen molar-refractivity contribution in [2.24, 2.45) is 45.3 Å². The Balaban J connectivity index is 1.07. The molecular formula is C40H57ClN2O5S. The van der Waals surface area contributed by atoms with Gasteiger partial charge >= 0.3 is 5.97 Å². The fourth-order valence-corrected chi connectivity index (χ4v) is 13.8. The summed E-state index contributed by atoms with van der Waals surface area (Å²) in [4.78, 5) is 33.2. The van der Waals surface area contributed by atoms with Crippen molar-refractivity contribution in [2.45, 2.75) is 148 Å². The number of thioether (sulfide) groups is 1. The second-order valence-electron chi connectivity index (χ2n) is 18.6. The number of ether oxygens (including phenoxy) is 2. The first kappa shape index (κ1) is 35.8. The van der Waals surface area contributed by atoms with E-state index in [4.69, 9.17) is 21.1 Å². The van der Waals surface area contributed by atoms with Gasteiger partial charge in [0.05, 0.1) is 39.0 Å². The largest absolute Gasteiger partial charge is 0.461 e. The summed E-state index contributed by atoms with van der Waals surface area (Å²) in [6.45, 7) is 19.0. The number of carbonyl (C=O) groups excluding carboxylic acids is 1. The average molecular weight is 713 g/mol. The molecule has 9 heteroatoms. The Kier molecular flexibility index (Phi) is 8.73. The molecule has 2 N–H and O–H groups in total. The van der Waals surface area contributed by atoms with Gasteiger partial charge in [-0.25, -0.2) is 4.98 Å². The summed E-state index contributed by atoms with van der Waals surface area (Å²) in [7, 11) is 0. The fourth-order valence-electron chi connectivity index (χ4n) is 13.0. The van der Waals surface area contributed by atoms with Crippen LogP contribution < -0.4 is 5.56 Å². The summed E-state index contributed by atoms with van der Waals surface area (Å²) >= 11 is 7.48. The highest BCUT2D eigenvalue weighted by Crippen LogP contribution is 2.76. The number of aromatic amines is 1. The summed E-state index contributed by atoms with van der Waals surface area (Å²) in [5.41, 5.74) is -0.143. The molecule has 49 heavy (non-hydrogen) atoms. The van der Waals surface area contributed by atoms with Crippen molar-refractivity contribution in [3.05, 3.63) is 33.6 Å². The molecule has 4 saturated carbocycles. The van der Waals surface area contributed by atoms with E-state index >= 15 is 0 Å². The Morgan fingerprint density at radius 1 is 1.00 bits per heavy atom. The topological polar surface area (TPSA) is 102 Å². The number of nitrogens with one attached hydrogen (secondary N) is 1. The lowest BCUT2D eigenvalue weighted by molar-refractivity contribution is -0.258. The molecular weight excluding hydrogens is 656 g/mol. The molecule has 5 fully saturated rings. The van der Waals surface area contributed by atoms with E-state index in [1.807, 2.05) is 0 Å². The molecule has 270 valence electrons. The van der Waals surface area contributed by atoms with Gasteiger partial charge in [0.25, 0.3) is 5.56 Å². The number of para-hydroxylation sites is 1. The van der Waals surface area contributed by atoms with Crippen molar-refractivity contribution >= 4 is 40.2 Å². The maximum absolute atomic E-state index is 13.3. The number of hydrogen-bond donors (Lipinski definition) is 2. The van der Waals surface area contributed by atoms with Crippen LogP contribution in [0.15, 0.2) is 28.2 Å². The highest BCUT2D eigenvalue weighted by molar-refractivity contribution is 7.99. The number of hydrogen-bond acceptors (Lipinski definition) is 7. The normalized spacial score (nSPS) is 42.6. The molecule has 4 aliphatic carbocycles. The van der Waals surface area contributed by atoms with E-state index in [2.05, 4.69) is 65.4 Å². The van der Waals surface area contributed by atoms with Gasteiger partial charge in [0.1, 0.15) is 6.10 Å².